The van der Waals surface area contributed by atoms with Crippen LogP contribution in [-0.2, 0) is 0 Å². The van der Waals surface area contributed by atoms with Crippen LogP contribution < -0.4 is 10.1 Å². The number of quaternary nitrogens is 1. The summed E-state index contributed by atoms with van der Waals surface area (Å²) in [4.78, 5) is 4.81. The standard InChI is InChI=1S/C17H26N2O/c1-16(2)10-14(11-17(3,4)19-16)18-12-13-6-8-15(20-5)9-7-13/h6-9,12,14,19H,10-11H2,1-5H3/p+1. The molecule has 2 N–H and O–H groups in total. The average molecular weight is 275 g/mol. The van der Waals surface area contributed by atoms with Crippen molar-refractivity contribution in [1.82, 2.24) is 0 Å². The van der Waals surface area contributed by atoms with Gasteiger partial charge in [-0.1, -0.05) is 0 Å². The summed E-state index contributed by atoms with van der Waals surface area (Å²) in [5, 5.41) is 2.49. The Balaban J connectivity index is 2.06. The number of nitrogens with two attached hydrogens (primary N) is 1. The number of piperidine rings is 1. The molecule has 0 atom stereocenters. The summed E-state index contributed by atoms with van der Waals surface area (Å²) in [6.45, 7) is 9.24. The van der Waals surface area contributed by atoms with Gasteiger partial charge in [-0.2, -0.15) is 0 Å². The second-order valence-electron chi connectivity index (χ2n) is 7.23. The number of nitrogens with zero attached hydrogens (tertiary/aromatic N) is 1. The zero-order chi connectivity index (χ0) is 14.8. The first-order chi connectivity index (χ1) is 9.30. The average Bonchev–Trinajstić information content (AvgIpc) is 2.33. The Morgan fingerprint density at radius 1 is 1.10 bits per heavy atom. The molecular formula is C17H27N2O+. The first-order valence-electron chi connectivity index (χ1n) is 7.34. The zero-order valence-corrected chi connectivity index (χ0v) is 13.3. The third kappa shape index (κ3) is 4.07. The summed E-state index contributed by atoms with van der Waals surface area (Å²) >= 11 is 0. The van der Waals surface area contributed by atoms with Gasteiger partial charge in [0.2, 0.25) is 0 Å². The van der Waals surface area contributed by atoms with Gasteiger partial charge in [-0.15, -0.1) is 0 Å². The van der Waals surface area contributed by atoms with Gasteiger partial charge in [0.05, 0.1) is 24.2 Å². The fourth-order valence-electron chi connectivity index (χ4n) is 3.45. The summed E-state index contributed by atoms with van der Waals surface area (Å²) < 4.78 is 5.17. The molecule has 1 aliphatic heterocycles. The van der Waals surface area contributed by atoms with E-state index in [1.54, 1.807) is 7.11 Å². The van der Waals surface area contributed by atoms with Crippen LogP contribution in [0.2, 0.25) is 0 Å². The van der Waals surface area contributed by atoms with Crippen molar-refractivity contribution in [2.45, 2.75) is 57.7 Å². The summed E-state index contributed by atoms with van der Waals surface area (Å²) in [6, 6.07) is 8.46. The van der Waals surface area contributed by atoms with Crippen LogP contribution in [0.15, 0.2) is 29.3 Å². The Morgan fingerprint density at radius 2 is 1.65 bits per heavy atom. The Morgan fingerprint density at radius 3 is 2.15 bits per heavy atom. The molecule has 0 spiro atoms. The highest BCUT2D eigenvalue weighted by molar-refractivity contribution is 5.79. The van der Waals surface area contributed by atoms with E-state index in [2.05, 4.69) is 33.0 Å². The third-order valence-corrected chi connectivity index (χ3v) is 3.86. The topological polar surface area (TPSA) is 38.2 Å². The highest BCUT2D eigenvalue weighted by Gasteiger charge is 2.41. The SMILES string of the molecule is COc1ccc(C=NC2CC(C)(C)[NH2+]C(C)(C)C2)cc1. The molecule has 3 nitrogen and oxygen atoms in total. The molecule has 110 valence electrons. The van der Waals surface area contributed by atoms with Crippen molar-refractivity contribution in [3.05, 3.63) is 29.8 Å². The summed E-state index contributed by atoms with van der Waals surface area (Å²) in [5.74, 6) is 0.886. The van der Waals surface area contributed by atoms with Crippen molar-refractivity contribution in [3.63, 3.8) is 0 Å². The van der Waals surface area contributed by atoms with E-state index in [4.69, 9.17) is 9.73 Å². The minimum Gasteiger partial charge on any atom is -0.497 e. The van der Waals surface area contributed by atoms with Crippen molar-refractivity contribution in [2.24, 2.45) is 4.99 Å². The number of hydrogen-bond acceptors (Lipinski definition) is 2. The Hall–Kier alpha value is -1.35. The summed E-state index contributed by atoms with van der Waals surface area (Å²) in [7, 11) is 1.69. The number of aliphatic imine (C=N–C) groups is 1. The van der Waals surface area contributed by atoms with E-state index in [1.165, 1.54) is 0 Å². The van der Waals surface area contributed by atoms with Gasteiger partial charge in [0.15, 0.2) is 0 Å². The molecule has 2 rings (SSSR count). The highest BCUT2D eigenvalue weighted by atomic mass is 16.5. The van der Waals surface area contributed by atoms with Gasteiger partial charge >= 0.3 is 0 Å². The maximum atomic E-state index is 5.17. The van der Waals surface area contributed by atoms with Crippen LogP contribution in [0.25, 0.3) is 0 Å². The normalized spacial score (nSPS) is 22.1. The monoisotopic (exact) mass is 275 g/mol. The van der Waals surface area contributed by atoms with Crippen molar-refractivity contribution in [1.29, 1.82) is 0 Å². The molecule has 1 aromatic carbocycles. The van der Waals surface area contributed by atoms with E-state index in [9.17, 15) is 0 Å². The fraction of sp³-hybridized carbons (Fsp3) is 0.588. The molecule has 0 saturated carbocycles. The predicted molar refractivity (Wildman–Crippen MR) is 83.7 cm³/mol. The number of rotatable bonds is 3. The van der Waals surface area contributed by atoms with Gasteiger partial charge in [-0.3, -0.25) is 4.99 Å². The first-order valence-corrected chi connectivity index (χ1v) is 7.34. The van der Waals surface area contributed by atoms with Gasteiger partial charge in [-0.25, -0.2) is 0 Å². The molecule has 1 heterocycles. The minimum atomic E-state index is 0.268. The van der Waals surface area contributed by atoms with Crippen LogP contribution in [0.3, 0.4) is 0 Å². The van der Waals surface area contributed by atoms with E-state index in [0.29, 0.717) is 6.04 Å². The van der Waals surface area contributed by atoms with Gasteiger partial charge < -0.3 is 10.1 Å². The Kier molecular flexibility index (Phi) is 4.19. The van der Waals surface area contributed by atoms with Gasteiger partial charge in [-0.05, 0) is 57.5 Å². The minimum absolute atomic E-state index is 0.268. The summed E-state index contributed by atoms with van der Waals surface area (Å²) in [5.41, 5.74) is 1.67. The molecule has 3 heteroatoms. The van der Waals surface area contributed by atoms with Gasteiger partial charge in [0.1, 0.15) is 5.75 Å². The van der Waals surface area contributed by atoms with Crippen molar-refractivity contribution in [2.75, 3.05) is 7.11 Å². The molecule has 0 bridgehead atoms. The molecule has 0 aromatic heterocycles. The molecule has 1 saturated heterocycles. The molecule has 0 aliphatic carbocycles. The highest BCUT2D eigenvalue weighted by Crippen LogP contribution is 2.24. The summed E-state index contributed by atoms with van der Waals surface area (Å²) in [6.07, 6.45) is 4.26. The third-order valence-electron chi connectivity index (χ3n) is 3.86. The smallest absolute Gasteiger partial charge is 0.118 e. The molecule has 1 aliphatic rings. The molecule has 0 amide bonds. The van der Waals surface area contributed by atoms with E-state index in [0.717, 1.165) is 24.2 Å². The quantitative estimate of drug-likeness (QED) is 0.845. The number of hydrogen-bond donors (Lipinski definition) is 1. The van der Waals surface area contributed by atoms with Crippen molar-refractivity contribution < 1.29 is 10.1 Å². The largest absolute Gasteiger partial charge is 0.497 e. The zero-order valence-electron chi connectivity index (χ0n) is 13.3. The van der Waals surface area contributed by atoms with Crippen molar-refractivity contribution >= 4 is 6.21 Å². The molecule has 1 aromatic rings. The van der Waals surface area contributed by atoms with E-state index in [-0.39, 0.29) is 11.1 Å². The molecule has 0 radical (unpaired) electrons. The number of ether oxygens (including phenoxy) is 1. The number of methoxy groups -OCH3 is 1. The molecular weight excluding hydrogens is 248 g/mol. The number of benzene rings is 1. The molecule has 0 unspecified atom stereocenters. The van der Waals surface area contributed by atoms with Gasteiger partial charge in [0, 0.05) is 19.1 Å². The Labute approximate surface area is 122 Å². The van der Waals surface area contributed by atoms with Crippen LogP contribution >= 0.6 is 0 Å². The maximum Gasteiger partial charge on any atom is 0.118 e. The fourth-order valence-corrected chi connectivity index (χ4v) is 3.45. The van der Waals surface area contributed by atoms with Crippen LogP contribution in [0, 0.1) is 0 Å². The molecule has 1 fully saturated rings. The van der Waals surface area contributed by atoms with Crippen LogP contribution in [0.5, 0.6) is 5.75 Å². The van der Waals surface area contributed by atoms with E-state index in [1.807, 2.05) is 30.5 Å². The predicted octanol–water partition coefficient (Wildman–Crippen LogP) is 2.40. The van der Waals surface area contributed by atoms with E-state index < -0.39 is 0 Å². The van der Waals surface area contributed by atoms with Gasteiger partial charge in [0.25, 0.3) is 0 Å². The second kappa shape index (κ2) is 5.57. The van der Waals surface area contributed by atoms with Crippen LogP contribution in [0.4, 0.5) is 0 Å². The Bertz CT molecular complexity index is 458. The lowest BCUT2D eigenvalue weighted by Gasteiger charge is -2.41. The second-order valence-corrected chi connectivity index (χ2v) is 7.23. The van der Waals surface area contributed by atoms with Crippen LogP contribution in [-0.4, -0.2) is 30.4 Å². The first kappa shape index (κ1) is 15.0. The van der Waals surface area contributed by atoms with Crippen molar-refractivity contribution in [3.8, 4) is 5.75 Å². The lowest BCUT2D eigenvalue weighted by atomic mass is 9.80. The van der Waals surface area contributed by atoms with Crippen LogP contribution in [0.1, 0.15) is 46.1 Å². The maximum absolute atomic E-state index is 5.17. The van der Waals surface area contributed by atoms with E-state index >= 15 is 0 Å². The lowest BCUT2D eigenvalue weighted by Crippen LogP contribution is -3.05. The molecule has 20 heavy (non-hydrogen) atoms. The lowest BCUT2D eigenvalue weighted by molar-refractivity contribution is -0.787.